The molecule has 2 heterocycles. The van der Waals surface area contributed by atoms with Gasteiger partial charge in [0.1, 0.15) is 6.04 Å². The fourth-order valence-electron chi connectivity index (χ4n) is 4.25. The van der Waals surface area contributed by atoms with Gasteiger partial charge in [0.25, 0.3) is 5.91 Å². The lowest BCUT2D eigenvalue weighted by atomic mass is 10.0. The Morgan fingerprint density at radius 1 is 1.03 bits per heavy atom. The highest BCUT2D eigenvalue weighted by atomic mass is 32.2. The van der Waals surface area contributed by atoms with E-state index in [2.05, 4.69) is 30.2 Å². The first-order chi connectivity index (χ1) is 18.2. The standard InChI is InChI=1S/C26H30N6O5S/c1-18-5-2-3-6-23(18)38(36,37)31-22(25(34)35)17-29-24(33)19-7-9-21(10-8-19)32-15-11-20(12-16-32)30-26-27-13-4-14-28-26/h2-10,13-14,20,22,31H,11-12,15-17H2,1H3,(H,29,33)(H,34,35)(H,27,28,30)/t22-/m0/s1. The summed E-state index contributed by atoms with van der Waals surface area (Å²) in [6.07, 6.45) is 5.23. The maximum atomic E-state index is 12.7. The number of carboxylic acids is 1. The van der Waals surface area contributed by atoms with E-state index in [1.807, 2.05) is 12.1 Å². The first-order valence-corrected chi connectivity index (χ1v) is 13.7. The van der Waals surface area contributed by atoms with E-state index in [0.717, 1.165) is 31.6 Å². The molecule has 0 unspecified atom stereocenters. The number of sulfonamides is 1. The zero-order chi connectivity index (χ0) is 27.1. The van der Waals surface area contributed by atoms with Crippen LogP contribution in [0.3, 0.4) is 0 Å². The summed E-state index contributed by atoms with van der Waals surface area (Å²) in [5, 5.41) is 15.4. The van der Waals surface area contributed by atoms with Crippen molar-refractivity contribution in [3.63, 3.8) is 0 Å². The first kappa shape index (κ1) is 27.0. The molecule has 1 amide bonds. The van der Waals surface area contributed by atoms with Gasteiger partial charge in [0.15, 0.2) is 0 Å². The molecule has 2 aromatic carbocycles. The number of aliphatic carboxylic acids is 1. The van der Waals surface area contributed by atoms with Gasteiger partial charge >= 0.3 is 5.97 Å². The van der Waals surface area contributed by atoms with E-state index in [4.69, 9.17) is 0 Å². The molecular weight excluding hydrogens is 508 g/mol. The molecule has 1 saturated heterocycles. The molecule has 200 valence electrons. The van der Waals surface area contributed by atoms with E-state index in [1.165, 1.54) is 6.07 Å². The van der Waals surface area contributed by atoms with E-state index in [1.54, 1.807) is 55.7 Å². The Kier molecular flexibility index (Phi) is 8.54. The number of carbonyl (C=O) groups is 2. The highest BCUT2D eigenvalue weighted by Gasteiger charge is 2.27. The first-order valence-electron chi connectivity index (χ1n) is 12.2. The molecule has 38 heavy (non-hydrogen) atoms. The molecule has 0 spiro atoms. The smallest absolute Gasteiger partial charge is 0.323 e. The molecule has 12 heteroatoms. The van der Waals surface area contributed by atoms with Crippen molar-refractivity contribution in [3.8, 4) is 0 Å². The minimum Gasteiger partial charge on any atom is -0.480 e. The molecule has 11 nitrogen and oxygen atoms in total. The van der Waals surface area contributed by atoms with Crippen molar-refractivity contribution in [1.29, 1.82) is 0 Å². The number of hydrogen-bond acceptors (Lipinski definition) is 8. The highest BCUT2D eigenvalue weighted by molar-refractivity contribution is 7.89. The number of nitrogens with zero attached hydrogens (tertiary/aromatic N) is 3. The zero-order valence-electron chi connectivity index (χ0n) is 20.9. The second-order valence-electron chi connectivity index (χ2n) is 9.01. The van der Waals surface area contributed by atoms with Gasteiger partial charge in [-0.1, -0.05) is 18.2 Å². The molecule has 0 bridgehead atoms. The van der Waals surface area contributed by atoms with Gasteiger partial charge in [0.05, 0.1) is 4.90 Å². The second-order valence-corrected chi connectivity index (χ2v) is 10.7. The summed E-state index contributed by atoms with van der Waals surface area (Å²) < 4.78 is 27.5. The summed E-state index contributed by atoms with van der Waals surface area (Å²) in [6.45, 7) is 2.87. The molecule has 1 atom stereocenters. The van der Waals surface area contributed by atoms with E-state index in [0.29, 0.717) is 17.1 Å². The van der Waals surface area contributed by atoms with Crippen LogP contribution in [0.15, 0.2) is 71.9 Å². The number of aromatic nitrogens is 2. The van der Waals surface area contributed by atoms with Crippen molar-refractivity contribution in [3.05, 3.63) is 78.1 Å². The molecule has 3 aromatic rings. The van der Waals surface area contributed by atoms with Crippen molar-refractivity contribution in [1.82, 2.24) is 20.0 Å². The summed E-state index contributed by atoms with van der Waals surface area (Å²) in [4.78, 5) is 35.0. The van der Waals surface area contributed by atoms with Crippen molar-refractivity contribution in [2.24, 2.45) is 0 Å². The Labute approximate surface area is 221 Å². The van der Waals surface area contributed by atoms with E-state index >= 15 is 0 Å². The zero-order valence-corrected chi connectivity index (χ0v) is 21.7. The van der Waals surface area contributed by atoms with Crippen LogP contribution in [0.5, 0.6) is 0 Å². The molecule has 1 aliphatic rings. The lowest BCUT2D eigenvalue weighted by Gasteiger charge is -2.34. The number of rotatable bonds is 10. The minimum atomic E-state index is -4.09. The van der Waals surface area contributed by atoms with Gasteiger partial charge < -0.3 is 20.6 Å². The Morgan fingerprint density at radius 3 is 2.32 bits per heavy atom. The van der Waals surface area contributed by atoms with Gasteiger partial charge in [-0.05, 0) is 61.7 Å². The molecule has 1 aliphatic heterocycles. The average Bonchev–Trinajstić information content (AvgIpc) is 2.92. The number of nitrogens with one attached hydrogen (secondary N) is 3. The van der Waals surface area contributed by atoms with Crippen molar-refractivity contribution >= 4 is 33.5 Å². The van der Waals surface area contributed by atoms with E-state index in [9.17, 15) is 23.1 Å². The topological polar surface area (TPSA) is 154 Å². The third-order valence-electron chi connectivity index (χ3n) is 6.33. The number of hydrogen-bond donors (Lipinski definition) is 4. The summed E-state index contributed by atoms with van der Waals surface area (Å²) in [6, 6.07) is 13.8. The van der Waals surface area contributed by atoms with Gasteiger partial charge in [0, 0.05) is 49.3 Å². The normalized spacial score (nSPS) is 15.0. The summed E-state index contributed by atoms with van der Waals surface area (Å²) in [5.74, 6) is -1.27. The van der Waals surface area contributed by atoms with Crippen LogP contribution in [0.4, 0.5) is 11.6 Å². The highest BCUT2D eigenvalue weighted by Crippen LogP contribution is 2.22. The fraction of sp³-hybridized carbons (Fsp3) is 0.308. The van der Waals surface area contributed by atoms with Crippen molar-refractivity contribution < 1.29 is 23.1 Å². The lowest BCUT2D eigenvalue weighted by Crippen LogP contribution is -2.48. The lowest BCUT2D eigenvalue weighted by molar-refractivity contribution is -0.138. The Bertz CT molecular complexity index is 1360. The molecular formula is C26H30N6O5S. The number of benzene rings is 2. The average molecular weight is 539 g/mol. The van der Waals surface area contributed by atoms with Gasteiger partial charge in [0.2, 0.25) is 16.0 Å². The summed E-state index contributed by atoms with van der Waals surface area (Å²) >= 11 is 0. The van der Waals surface area contributed by atoms with Crippen LogP contribution in [0, 0.1) is 6.92 Å². The maximum absolute atomic E-state index is 12.7. The summed E-state index contributed by atoms with van der Waals surface area (Å²) in [5.41, 5.74) is 1.81. The van der Waals surface area contributed by atoms with E-state index < -0.39 is 34.5 Å². The number of anilines is 2. The quantitative estimate of drug-likeness (QED) is 0.304. The van der Waals surface area contributed by atoms with Gasteiger partial charge in [-0.2, -0.15) is 4.72 Å². The number of amides is 1. The molecule has 4 N–H and O–H groups in total. The molecule has 1 aromatic heterocycles. The summed E-state index contributed by atoms with van der Waals surface area (Å²) in [7, 11) is -4.09. The Hall–Kier alpha value is -4.03. The predicted octanol–water partition coefficient (Wildman–Crippen LogP) is 2.03. The number of aryl methyl sites for hydroxylation is 1. The molecule has 0 aliphatic carbocycles. The van der Waals surface area contributed by atoms with Crippen LogP contribution < -0.4 is 20.3 Å². The van der Waals surface area contributed by atoms with E-state index in [-0.39, 0.29) is 10.9 Å². The van der Waals surface area contributed by atoms with Crippen molar-refractivity contribution in [2.75, 3.05) is 29.9 Å². The SMILES string of the molecule is Cc1ccccc1S(=O)(=O)N[C@@H](CNC(=O)c1ccc(N2CCC(Nc3ncccn3)CC2)cc1)C(=O)O. The van der Waals surface area contributed by atoms with Gasteiger partial charge in [-0.3, -0.25) is 9.59 Å². The number of piperidine rings is 1. The Balaban J connectivity index is 1.30. The molecule has 0 saturated carbocycles. The molecule has 0 radical (unpaired) electrons. The van der Waals surface area contributed by atoms with Crippen LogP contribution in [-0.4, -0.2) is 67.1 Å². The van der Waals surface area contributed by atoms with Crippen LogP contribution in [-0.2, 0) is 14.8 Å². The van der Waals surface area contributed by atoms with Gasteiger partial charge in [-0.15, -0.1) is 0 Å². The van der Waals surface area contributed by atoms with Crippen LogP contribution in [0.2, 0.25) is 0 Å². The van der Waals surface area contributed by atoms with Crippen LogP contribution in [0.1, 0.15) is 28.8 Å². The molecule has 4 rings (SSSR count). The maximum Gasteiger partial charge on any atom is 0.323 e. The van der Waals surface area contributed by atoms with Crippen LogP contribution >= 0.6 is 0 Å². The Morgan fingerprint density at radius 2 is 1.68 bits per heavy atom. The minimum absolute atomic E-state index is 0.0126. The van der Waals surface area contributed by atoms with Crippen LogP contribution in [0.25, 0.3) is 0 Å². The third-order valence-corrected chi connectivity index (χ3v) is 7.97. The molecule has 1 fully saturated rings. The number of carbonyl (C=O) groups excluding carboxylic acids is 1. The predicted molar refractivity (Wildman–Crippen MR) is 143 cm³/mol. The largest absolute Gasteiger partial charge is 0.480 e. The monoisotopic (exact) mass is 538 g/mol. The van der Waals surface area contributed by atoms with Gasteiger partial charge in [-0.25, -0.2) is 18.4 Å². The fourth-order valence-corrected chi connectivity index (χ4v) is 5.68. The third kappa shape index (κ3) is 6.84. The van der Waals surface area contributed by atoms with Crippen molar-refractivity contribution in [2.45, 2.75) is 36.7 Å². The number of carboxylic acid groups (broad SMARTS) is 1. The second kappa shape index (κ2) is 12.0.